The Morgan fingerprint density at radius 2 is 1.22 bits per heavy atom. The van der Waals surface area contributed by atoms with E-state index in [4.69, 9.17) is 15.0 Å². The lowest BCUT2D eigenvalue weighted by atomic mass is 9.72. The minimum Gasteiger partial charge on any atom is -0.355 e. The minimum absolute atomic E-state index is 0.615. The van der Waals surface area contributed by atoms with E-state index in [2.05, 4.69) is 125 Å². The maximum Gasteiger partial charge on any atom is 0.238 e. The van der Waals surface area contributed by atoms with Gasteiger partial charge >= 0.3 is 0 Å². The quantitative estimate of drug-likeness (QED) is 0.180. The highest BCUT2D eigenvalue weighted by atomic mass is 15.2. The van der Waals surface area contributed by atoms with E-state index in [-0.39, 0.29) is 0 Å². The van der Waals surface area contributed by atoms with Crippen molar-refractivity contribution in [3.05, 3.63) is 174 Å². The minimum atomic E-state index is 0.615. The summed E-state index contributed by atoms with van der Waals surface area (Å²) in [7, 11) is 0. The van der Waals surface area contributed by atoms with Crippen molar-refractivity contribution < 1.29 is 0 Å². The van der Waals surface area contributed by atoms with Gasteiger partial charge in [-0.15, -0.1) is 0 Å². The number of anilines is 2. The number of nitrogens with zero attached hydrogens (tertiary/aromatic N) is 4. The van der Waals surface area contributed by atoms with Crippen LogP contribution in [0, 0.1) is 5.92 Å². The summed E-state index contributed by atoms with van der Waals surface area (Å²) >= 11 is 0. The molecular formula is C49H37N5. The molecule has 0 aliphatic heterocycles. The summed E-state index contributed by atoms with van der Waals surface area (Å²) in [6.07, 6.45) is 8.21. The first-order valence-electron chi connectivity index (χ1n) is 19.1. The molecule has 3 aliphatic rings. The van der Waals surface area contributed by atoms with Gasteiger partial charge in [0.2, 0.25) is 5.95 Å². The molecule has 2 heterocycles. The number of fused-ring (bicyclic) bond motifs is 5. The molecular weight excluding hydrogens is 659 g/mol. The Morgan fingerprint density at radius 1 is 0.556 bits per heavy atom. The molecule has 0 amide bonds. The first-order valence-corrected chi connectivity index (χ1v) is 19.1. The van der Waals surface area contributed by atoms with Gasteiger partial charge < -0.3 is 5.32 Å². The monoisotopic (exact) mass is 695 g/mol. The molecule has 8 aromatic rings. The second-order valence-corrected chi connectivity index (χ2v) is 14.8. The normalized spacial score (nSPS) is 15.3. The topological polar surface area (TPSA) is 55.6 Å². The summed E-state index contributed by atoms with van der Waals surface area (Å²) in [6, 6.07) is 51.7. The highest BCUT2D eigenvalue weighted by Crippen LogP contribution is 2.46. The van der Waals surface area contributed by atoms with Crippen LogP contribution in [-0.2, 0) is 19.3 Å². The third kappa shape index (κ3) is 5.27. The number of aromatic nitrogens is 4. The zero-order valence-corrected chi connectivity index (χ0v) is 29.8. The van der Waals surface area contributed by atoms with Crippen molar-refractivity contribution in [1.29, 1.82) is 0 Å². The molecule has 6 aromatic carbocycles. The summed E-state index contributed by atoms with van der Waals surface area (Å²) in [5, 5.41) is 4.98. The van der Waals surface area contributed by atoms with Crippen molar-refractivity contribution in [2.45, 2.75) is 32.1 Å². The molecule has 5 nitrogen and oxygen atoms in total. The molecule has 0 radical (unpaired) electrons. The number of aryl methyl sites for hydroxylation is 2. The fourth-order valence-corrected chi connectivity index (χ4v) is 8.51. The van der Waals surface area contributed by atoms with Crippen LogP contribution >= 0.6 is 0 Å². The van der Waals surface area contributed by atoms with Gasteiger partial charge in [-0.25, -0.2) is 4.98 Å². The third-order valence-electron chi connectivity index (χ3n) is 11.7. The SMILES string of the molecule is C1=C2CC[C@@H]2Cc2c1n(-c1nc(-c3ccccc3)nc(-c3ccccc3)n1)c1ccc(-c3ccc(Nc4ccccc4)c(-c4ccc5c(c4)CC5)c3)cc21. The van der Waals surface area contributed by atoms with Gasteiger partial charge in [0, 0.05) is 33.5 Å². The van der Waals surface area contributed by atoms with Crippen molar-refractivity contribution in [1.82, 2.24) is 19.5 Å². The van der Waals surface area contributed by atoms with Crippen LogP contribution in [0.2, 0.25) is 0 Å². The number of benzene rings is 6. The van der Waals surface area contributed by atoms with E-state index in [9.17, 15) is 0 Å². The Balaban J connectivity index is 1.08. The van der Waals surface area contributed by atoms with E-state index in [0.29, 0.717) is 23.5 Å². The van der Waals surface area contributed by atoms with Crippen LogP contribution in [0.25, 0.3) is 68.0 Å². The average Bonchev–Trinajstić information content (AvgIpc) is 3.52. The standard InChI is InChI=1S/C49H37N5/c1-4-10-32(11-5-1)47-51-48(33-12-6-2-7-13-33)53-49(52-47)54-45-25-23-37(28-42(45)43-29-35-19-20-38(35)30-46(43)54)36-22-24-44(50-40-14-8-3-9-15-40)41(27-36)39-21-17-31-16-18-34(31)26-39/h1-15,17,21-28,30,35,50H,16,18-20,29H2/t35-/m1/s1. The Labute approximate surface area is 314 Å². The molecule has 0 saturated heterocycles. The molecule has 1 N–H and O–H groups in total. The second kappa shape index (κ2) is 12.5. The number of hydrogen-bond acceptors (Lipinski definition) is 4. The summed E-state index contributed by atoms with van der Waals surface area (Å²) in [5.74, 6) is 2.60. The number of para-hydroxylation sites is 1. The van der Waals surface area contributed by atoms with E-state index >= 15 is 0 Å². The van der Waals surface area contributed by atoms with E-state index in [1.165, 1.54) is 68.4 Å². The molecule has 1 fully saturated rings. The van der Waals surface area contributed by atoms with E-state index in [1.54, 1.807) is 0 Å². The van der Waals surface area contributed by atoms with E-state index in [1.807, 2.05) is 36.4 Å². The largest absolute Gasteiger partial charge is 0.355 e. The third-order valence-corrected chi connectivity index (χ3v) is 11.7. The predicted octanol–water partition coefficient (Wildman–Crippen LogP) is 11.7. The molecule has 1 atom stereocenters. The zero-order chi connectivity index (χ0) is 35.6. The highest BCUT2D eigenvalue weighted by Gasteiger charge is 2.33. The summed E-state index contributed by atoms with van der Waals surface area (Å²) < 4.78 is 2.29. The molecule has 0 unspecified atom stereocenters. The predicted molar refractivity (Wildman–Crippen MR) is 220 cm³/mol. The second-order valence-electron chi connectivity index (χ2n) is 14.8. The molecule has 5 heteroatoms. The molecule has 3 aliphatic carbocycles. The Morgan fingerprint density at radius 3 is 1.89 bits per heavy atom. The van der Waals surface area contributed by atoms with Gasteiger partial charge in [-0.3, -0.25) is 4.57 Å². The summed E-state index contributed by atoms with van der Waals surface area (Å²) in [6.45, 7) is 0. The van der Waals surface area contributed by atoms with Crippen molar-refractivity contribution >= 4 is 28.4 Å². The lowest BCUT2D eigenvalue weighted by Crippen LogP contribution is -2.22. The molecule has 0 spiro atoms. The molecule has 11 rings (SSSR count). The van der Waals surface area contributed by atoms with E-state index in [0.717, 1.165) is 47.3 Å². The van der Waals surface area contributed by atoms with Crippen molar-refractivity contribution in [3.63, 3.8) is 0 Å². The average molecular weight is 696 g/mol. The molecule has 0 bridgehead atoms. The zero-order valence-electron chi connectivity index (χ0n) is 29.8. The molecule has 1 saturated carbocycles. The van der Waals surface area contributed by atoms with Crippen molar-refractivity contribution in [2.24, 2.45) is 5.92 Å². The number of allylic oxidation sites excluding steroid dienone is 1. The lowest BCUT2D eigenvalue weighted by Gasteiger charge is -2.33. The fourth-order valence-electron chi connectivity index (χ4n) is 8.51. The number of hydrogen-bond donors (Lipinski definition) is 1. The van der Waals surface area contributed by atoms with Gasteiger partial charge in [0.25, 0.3) is 0 Å². The Kier molecular flexibility index (Phi) is 7.19. The lowest BCUT2D eigenvalue weighted by molar-refractivity contribution is 0.440. The Bertz CT molecular complexity index is 2710. The number of rotatable bonds is 7. The molecule has 2 aromatic heterocycles. The smallest absolute Gasteiger partial charge is 0.238 e. The molecule has 54 heavy (non-hydrogen) atoms. The van der Waals surface area contributed by atoms with Crippen molar-refractivity contribution in [3.8, 4) is 51.0 Å². The van der Waals surface area contributed by atoms with Crippen LogP contribution in [0.5, 0.6) is 0 Å². The van der Waals surface area contributed by atoms with Crippen LogP contribution in [0.15, 0.2) is 151 Å². The van der Waals surface area contributed by atoms with Gasteiger partial charge in [-0.1, -0.05) is 115 Å². The summed E-state index contributed by atoms with van der Waals surface area (Å²) in [5.41, 5.74) is 17.2. The van der Waals surface area contributed by atoms with Crippen molar-refractivity contribution in [2.75, 3.05) is 5.32 Å². The first kappa shape index (κ1) is 31.0. The van der Waals surface area contributed by atoms with Gasteiger partial charge in [0.05, 0.1) is 11.2 Å². The van der Waals surface area contributed by atoms with E-state index < -0.39 is 0 Å². The number of nitrogens with one attached hydrogen (secondary N) is 1. The molecule has 258 valence electrons. The van der Waals surface area contributed by atoms with Gasteiger partial charge in [0.1, 0.15) is 0 Å². The van der Waals surface area contributed by atoms with Gasteiger partial charge in [0.15, 0.2) is 11.6 Å². The fraction of sp³-hybridized carbons (Fsp3) is 0.122. The Hall–Kier alpha value is -6.59. The van der Waals surface area contributed by atoms with Crippen LogP contribution in [0.4, 0.5) is 11.4 Å². The van der Waals surface area contributed by atoms with Crippen LogP contribution < -0.4 is 5.32 Å². The van der Waals surface area contributed by atoms with Gasteiger partial charge in [-0.05, 0) is 114 Å². The highest BCUT2D eigenvalue weighted by molar-refractivity contribution is 5.95. The van der Waals surface area contributed by atoms with Crippen LogP contribution in [-0.4, -0.2) is 19.5 Å². The van der Waals surface area contributed by atoms with Gasteiger partial charge in [-0.2, -0.15) is 9.97 Å². The maximum absolute atomic E-state index is 5.18. The maximum atomic E-state index is 5.18. The first-order chi connectivity index (χ1) is 26.7. The van der Waals surface area contributed by atoms with Crippen LogP contribution in [0.1, 0.15) is 35.2 Å². The summed E-state index contributed by atoms with van der Waals surface area (Å²) in [4.78, 5) is 15.4. The van der Waals surface area contributed by atoms with Crippen LogP contribution in [0.3, 0.4) is 0 Å².